The number of rotatable bonds is 5. The van der Waals surface area contributed by atoms with Crippen LogP contribution in [0.3, 0.4) is 0 Å². The van der Waals surface area contributed by atoms with Gasteiger partial charge in [0.15, 0.2) is 5.82 Å². The highest BCUT2D eigenvalue weighted by atomic mass is 35.5. The van der Waals surface area contributed by atoms with E-state index in [2.05, 4.69) is 15.2 Å². The van der Waals surface area contributed by atoms with Crippen LogP contribution in [0.4, 0.5) is 0 Å². The molecule has 1 heterocycles. The van der Waals surface area contributed by atoms with E-state index >= 15 is 0 Å². The zero-order chi connectivity index (χ0) is 14.5. The Morgan fingerprint density at radius 3 is 2.90 bits per heavy atom. The van der Waals surface area contributed by atoms with Crippen LogP contribution in [0.2, 0.25) is 10.0 Å². The number of H-pyrrole nitrogens is 1. The fraction of sp³-hybridized carbons (Fsp3) is 0.250. The number of nitrogens with zero attached hydrogens (tertiary/aromatic N) is 2. The number of nitrogens with one attached hydrogen (secondary N) is 1. The van der Waals surface area contributed by atoms with Crippen molar-refractivity contribution in [2.24, 2.45) is 0 Å². The van der Waals surface area contributed by atoms with Crippen molar-refractivity contribution in [3.05, 3.63) is 39.9 Å². The Bertz CT molecular complexity index is 616. The van der Waals surface area contributed by atoms with Crippen molar-refractivity contribution in [1.29, 1.82) is 0 Å². The van der Waals surface area contributed by atoms with Gasteiger partial charge >= 0.3 is 5.97 Å². The van der Waals surface area contributed by atoms with Crippen LogP contribution in [-0.2, 0) is 11.3 Å². The summed E-state index contributed by atoms with van der Waals surface area (Å²) in [6.45, 7) is 2.06. The first kappa shape index (κ1) is 14.6. The molecule has 0 unspecified atom stereocenters. The molecule has 1 aromatic carbocycles. The summed E-state index contributed by atoms with van der Waals surface area (Å²) in [7, 11) is 0. The van der Waals surface area contributed by atoms with Crippen molar-refractivity contribution in [3.63, 3.8) is 0 Å². The summed E-state index contributed by atoms with van der Waals surface area (Å²) in [5.41, 5.74) is 0. The van der Waals surface area contributed by atoms with Crippen LogP contribution >= 0.6 is 23.2 Å². The topological polar surface area (TPSA) is 77.1 Å². The predicted molar refractivity (Wildman–Crippen MR) is 73.1 cm³/mol. The van der Waals surface area contributed by atoms with Gasteiger partial charge in [0.2, 0.25) is 0 Å². The minimum atomic E-state index is -0.584. The highest BCUT2D eigenvalue weighted by Crippen LogP contribution is 2.27. The molecule has 0 saturated carbocycles. The molecule has 2 rings (SSSR count). The minimum absolute atomic E-state index is 0.0346. The second kappa shape index (κ2) is 6.58. The molecule has 6 nitrogen and oxygen atoms in total. The summed E-state index contributed by atoms with van der Waals surface area (Å²) in [4.78, 5) is 15.3. The largest absolute Gasteiger partial charge is 0.484 e. The Morgan fingerprint density at radius 2 is 2.20 bits per heavy atom. The molecule has 20 heavy (non-hydrogen) atoms. The van der Waals surface area contributed by atoms with E-state index in [0.717, 1.165) is 0 Å². The van der Waals surface area contributed by atoms with Gasteiger partial charge in [0.05, 0.1) is 11.6 Å². The van der Waals surface area contributed by atoms with Crippen molar-refractivity contribution in [1.82, 2.24) is 15.2 Å². The smallest absolute Gasteiger partial charge is 0.378 e. The predicted octanol–water partition coefficient (Wildman–Crippen LogP) is 2.87. The number of carbonyl (C=O) groups excluding carboxylic acids is 1. The van der Waals surface area contributed by atoms with Gasteiger partial charge in [-0.2, -0.15) is 0 Å². The number of benzene rings is 1. The zero-order valence-corrected chi connectivity index (χ0v) is 12.0. The van der Waals surface area contributed by atoms with Gasteiger partial charge in [-0.1, -0.05) is 23.2 Å². The number of halogens is 2. The van der Waals surface area contributed by atoms with Crippen molar-refractivity contribution in [2.45, 2.75) is 13.5 Å². The second-order valence-electron chi connectivity index (χ2n) is 3.69. The molecule has 2 aromatic rings. The van der Waals surface area contributed by atoms with E-state index < -0.39 is 5.97 Å². The van der Waals surface area contributed by atoms with Gasteiger partial charge in [0.25, 0.3) is 5.82 Å². The van der Waals surface area contributed by atoms with Crippen molar-refractivity contribution >= 4 is 29.2 Å². The molecular weight excluding hydrogens is 305 g/mol. The molecule has 0 amide bonds. The third-order valence-corrected chi connectivity index (χ3v) is 2.78. The van der Waals surface area contributed by atoms with Gasteiger partial charge in [-0.25, -0.2) is 9.78 Å². The van der Waals surface area contributed by atoms with Crippen LogP contribution in [0.1, 0.15) is 23.4 Å². The highest BCUT2D eigenvalue weighted by Gasteiger charge is 2.13. The van der Waals surface area contributed by atoms with Crippen molar-refractivity contribution in [2.75, 3.05) is 6.61 Å². The fourth-order valence-corrected chi connectivity index (χ4v) is 1.85. The molecule has 0 aliphatic carbocycles. The number of hydrogen-bond donors (Lipinski definition) is 1. The van der Waals surface area contributed by atoms with E-state index in [-0.39, 0.29) is 19.0 Å². The monoisotopic (exact) mass is 315 g/mol. The number of esters is 1. The van der Waals surface area contributed by atoms with E-state index in [9.17, 15) is 4.79 Å². The lowest BCUT2D eigenvalue weighted by Crippen LogP contribution is -2.07. The summed E-state index contributed by atoms with van der Waals surface area (Å²) in [6, 6.07) is 4.88. The average molecular weight is 316 g/mol. The lowest BCUT2D eigenvalue weighted by atomic mass is 10.3. The molecule has 106 valence electrons. The molecule has 1 aromatic heterocycles. The molecule has 0 saturated heterocycles. The molecule has 0 aliphatic rings. The lowest BCUT2D eigenvalue weighted by molar-refractivity contribution is 0.0512. The van der Waals surface area contributed by atoms with Crippen molar-refractivity contribution in [3.8, 4) is 5.75 Å². The zero-order valence-electron chi connectivity index (χ0n) is 10.5. The van der Waals surface area contributed by atoms with Crippen LogP contribution in [0.5, 0.6) is 5.75 Å². The van der Waals surface area contributed by atoms with Gasteiger partial charge in [-0.3, -0.25) is 5.10 Å². The summed E-state index contributed by atoms with van der Waals surface area (Å²) in [6.07, 6.45) is 0. The van der Waals surface area contributed by atoms with Crippen molar-refractivity contribution < 1.29 is 14.3 Å². The third kappa shape index (κ3) is 3.61. The minimum Gasteiger partial charge on any atom is -0.484 e. The van der Waals surface area contributed by atoms with E-state index in [1.54, 1.807) is 25.1 Å². The Kier molecular flexibility index (Phi) is 4.81. The molecule has 0 fully saturated rings. The molecule has 0 radical (unpaired) electrons. The summed E-state index contributed by atoms with van der Waals surface area (Å²) >= 11 is 11.7. The maximum Gasteiger partial charge on any atom is 0.378 e. The number of aromatic amines is 1. The maximum atomic E-state index is 11.4. The van der Waals surface area contributed by atoms with E-state index in [4.69, 9.17) is 32.7 Å². The Labute approximate surface area is 125 Å². The lowest BCUT2D eigenvalue weighted by Gasteiger charge is -2.05. The number of hydrogen-bond acceptors (Lipinski definition) is 5. The fourth-order valence-electron chi connectivity index (χ4n) is 1.39. The van der Waals surface area contributed by atoms with Crippen LogP contribution < -0.4 is 4.74 Å². The number of ether oxygens (including phenoxy) is 2. The summed E-state index contributed by atoms with van der Waals surface area (Å²) < 4.78 is 10.2. The average Bonchev–Trinajstić information content (AvgIpc) is 2.87. The first-order valence-corrected chi connectivity index (χ1v) is 6.52. The molecule has 8 heteroatoms. The van der Waals surface area contributed by atoms with E-state index in [1.165, 1.54) is 0 Å². The van der Waals surface area contributed by atoms with Crippen LogP contribution in [0, 0.1) is 0 Å². The van der Waals surface area contributed by atoms with Gasteiger partial charge in [0, 0.05) is 5.02 Å². The molecule has 1 N–H and O–H groups in total. The first-order valence-electron chi connectivity index (χ1n) is 5.76. The maximum absolute atomic E-state index is 11.4. The van der Waals surface area contributed by atoms with Crippen LogP contribution in [0.25, 0.3) is 0 Å². The molecule has 0 atom stereocenters. The molecule has 0 bridgehead atoms. The molecule has 0 aliphatic heterocycles. The molecule has 0 spiro atoms. The molecular formula is C12H11Cl2N3O3. The highest BCUT2D eigenvalue weighted by molar-refractivity contribution is 6.35. The van der Waals surface area contributed by atoms with Crippen LogP contribution in [-0.4, -0.2) is 27.8 Å². The summed E-state index contributed by atoms with van der Waals surface area (Å²) in [5.74, 6) is 0.233. The van der Waals surface area contributed by atoms with Crippen LogP contribution in [0.15, 0.2) is 18.2 Å². The Hall–Kier alpha value is -1.79. The second-order valence-corrected chi connectivity index (χ2v) is 4.53. The quantitative estimate of drug-likeness (QED) is 0.858. The third-order valence-electron chi connectivity index (χ3n) is 2.25. The number of aromatic nitrogens is 3. The standard InChI is InChI=1S/C12H11Cl2N3O3/c1-2-19-12(18)11-15-10(16-17-11)6-20-9-4-3-7(13)5-8(9)14/h3-5H,2,6H2,1H3,(H,15,16,17). The Balaban J connectivity index is 1.99. The van der Waals surface area contributed by atoms with E-state index in [0.29, 0.717) is 21.6 Å². The summed E-state index contributed by atoms with van der Waals surface area (Å²) in [5, 5.41) is 7.24. The number of carbonyl (C=O) groups is 1. The van der Waals surface area contributed by atoms with E-state index in [1.807, 2.05) is 0 Å². The SMILES string of the molecule is CCOC(=O)c1n[nH]c(COc2ccc(Cl)cc2Cl)n1. The first-order chi connectivity index (χ1) is 9.60. The van der Waals surface area contributed by atoms with Gasteiger partial charge in [-0.15, -0.1) is 5.10 Å². The van der Waals surface area contributed by atoms with Gasteiger partial charge < -0.3 is 9.47 Å². The van der Waals surface area contributed by atoms with Gasteiger partial charge in [0.1, 0.15) is 12.4 Å². The normalized spacial score (nSPS) is 10.3. The van der Waals surface area contributed by atoms with Gasteiger partial charge in [-0.05, 0) is 25.1 Å². The Morgan fingerprint density at radius 1 is 1.40 bits per heavy atom.